The molecule has 0 fully saturated rings. The van der Waals surface area contributed by atoms with Gasteiger partial charge in [-0.25, -0.2) is 0 Å². The van der Waals surface area contributed by atoms with Crippen LogP contribution in [0.2, 0.25) is 0 Å². The van der Waals surface area contributed by atoms with E-state index in [0.717, 1.165) is 26.8 Å². The van der Waals surface area contributed by atoms with Gasteiger partial charge in [-0.3, -0.25) is 4.98 Å². The van der Waals surface area contributed by atoms with Crippen molar-refractivity contribution in [2.45, 2.75) is 6.61 Å². The van der Waals surface area contributed by atoms with Crippen LogP contribution in [0.1, 0.15) is 5.56 Å². The zero-order valence-corrected chi connectivity index (χ0v) is 11.1. The molecule has 3 nitrogen and oxygen atoms in total. The van der Waals surface area contributed by atoms with Crippen molar-refractivity contribution < 1.29 is 9.15 Å². The molecule has 0 saturated carbocycles. The molecule has 3 aromatic rings. The summed E-state index contributed by atoms with van der Waals surface area (Å²) in [7, 11) is 0. The van der Waals surface area contributed by atoms with Crippen LogP contribution in [0.4, 0.5) is 0 Å². The molecule has 0 unspecified atom stereocenters. The maximum Gasteiger partial charge on any atom is 0.138 e. The lowest BCUT2D eigenvalue weighted by Crippen LogP contribution is -1.94. The summed E-state index contributed by atoms with van der Waals surface area (Å²) >= 11 is 3.53. The van der Waals surface area contributed by atoms with Gasteiger partial charge in [-0.2, -0.15) is 0 Å². The van der Waals surface area contributed by atoms with E-state index < -0.39 is 0 Å². The van der Waals surface area contributed by atoms with Crippen molar-refractivity contribution in [2.24, 2.45) is 0 Å². The summed E-state index contributed by atoms with van der Waals surface area (Å²) < 4.78 is 12.2. The molecular weight excluding hydrogens is 294 g/mol. The summed E-state index contributed by atoms with van der Waals surface area (Å²) in [4.78, 5) is 4.01. The summed E-state index contributed by atoms with van der Waals surface area (Å²) in [5, 5.41) is 1.06. The molecule has 0 amide bonds. The van der Waals surface area contributed by atoms with Crippen molar-refractivity contribution in [1.29, 1.82) is 0 Å². The topological polar surface area (TPSA) is 35.3 Å². The molecule has 2 aromatic heterocycles. The minimum Gasteiger partial charge on any atom is -0.487 e. The Balaban J connectivity index is 1.87. The van der Waals surface area contributed by atoms with Crippen molar-refractivity contribution in [2.75, 3.05) is 0 Å². The number of hydrogen-bond acceptors (Lipinski definition) is 3. The number of ether oxygens (including phenoxy) is 1. The molecule has 0 aliphatic carbocycles. The Hall–Kier alpha value is -1.81. The van der Waals surface area contributed by atoms with Crippen molar-refractivity contribution in [1.82, 2.24) is 4.98 Å². The van der Waals surface area contributed by atoms with Gasteiger partial charge in [0.25, 0.3) is 0 Å². The van der Waals surface area contributed by atoms with Crippen LogP contribution in [0.5, 0.6) is 5.75 Å². The van der Waals surface area contributed by atoms with E-state index in [1.165, 1.54) is 0 Å². The van der Waals surface area contributed by atoms with Gasteiger partial charge in [0.05, 0.1) is 12.5 Å². The molecule has 0 saturated heterocycles. The first-order valence-electron chi connectivity index (χ1n) is 5.52. The van der Waals surface area contributed by atoms with Crippen LogP contribution in [-0.2, 0) is 6.61 Å². The molecule has 0 spiro atoms. The second-order valence-electron chi connectivity index (χ2n) is 3.85. The van der Waals surface area contributed by atoms with Gasteiger partial charge in [0.2, 0.25) is 0 Å². The zero-order valence-electron chi connectivity index (χ0n) is 9.47. The molecule has 90 valence electrons. The Morgan fingerprint density at radius 3 is 3.00 bits per heavy atom. The molecule has 1 aromatic carbocycles. The summed E-state index contributed by atoms with van der Waals surface area (Å²) in [6.45, 7) is 0.460. The maximum atomic E-state index is 5.67. The maximum absolute atomic E-state index is 5.67. The smallest absolute Gasteiger partial charge is 0.138 e. The fourth-order valence-corrected chi connectivity index (χ4v) is 2.41. The van der Waals surface area contributed by atoms with E-state index in [1.54, 1.807) is 18.7 Å². The van der Waals surface area contributed by atoms with Crippen LogP contribution < -0.4 is 4.74 Å². The predicted octanol–water partition coefficient (Wildman–Crippen LogP) is 4.17. The number of hydrogen-bond donors (Lipinski definition) is 0. The van der Waals surface area contributed by atoms with Crippen LogP contribution in [0, 0.1) is 0 Å². The highest BCUT2D eigenvalue weighted by molar-refractivity contribution is 9.10. The quantitative estimate of drug-likeness (QED) is 0.728. The van der Waals surface area contributed by atoms with Crippen molar-refractivity contribution in [3.05, 3.63) is 59.0 Å². The van der Waals surface area contributed by atoms with Crippen molar-refractivity contribution in [3.8, 4) is 5.75 Å². The standard InChI is InChI=1S/C14H10BrNO2/c15-12-4-1-5-13-14(12)10(9-18-13)8-17-11-3-2-6-16-7-11/h1-7,9H,8H2. The summed E-state index contributed by atoms with van der Waals surface area (Å²) in [5.74, 6) is 0.749. The average molecular weight is 304 g/mol. The van der Waals surface area contributed by atoms with Crippen molar-refractivity contribution in [3.63, 3.8) is 0 Å². The molecule has 0 N–H and O–H groups in total. The van der Waals surface area contributed by atoms with Gasteiger partial charge < -0.3 is 9.15 Å². The van der Waals surface area contributed by atoms with Gasteiger partial charge in [0.1, 0.15) is 17.9 Å². The first-order valence-corrected chi connectivity index (χ1v) is 6.31. The van der Waals surface area contributed by atoms with Gasteiger partial charge in [-0.1, -0.05) is 22.0 Å². The number of benzene rings is 1. The minimum atomic E-state index is 0.460. The van der Waals surface area contributed by atoms with E-state index in [4.69, 9.17) is 9.15 Å². The molecular formula is C14H10BrNO2. The van der Waals surface area contributed by atoms with Crippen LogP contribution in [0.3, 0.4) is 0 Å². The first-order chi connectivity index (χ1) is 8.84. The number of halogens is 1. The molecule has 0 aliphatic heterocycles. The van der Waals surface area contributed by atoms with Gasteiger partial charge in [0.15, 0.2) is 0 Å². The summed E-state index contributed by atoms with van der Waals surface area (Å²) in [6, 6.07) is 9.60. The Morgan fingerprint density at radius 1 is 1.22 bits per heavy atom. The number of nitrogens with zero attached hydrogens (tertiary/aromatic N) is 1. The number of furan rings is 1. The Bertz CT molecular complexity index is 664. The van der Waals surface area contributed by atoms with E-state index in [2.05, 4.69) is 20.9 Å². The molecule has 0 bridgehead atoms. The highest BCUT2D eigenvalue weighted by atomic mass is 79.9. The van der Waals surface area contributed by atoms with E-state index in [0.29, 0.717) is 6.61 Å². The second kappa shape index (κ2) is 4.82. The van der Waals surface area contributed by atoms with Gasteiger partial charge in [-0.05, 0) is 24.3 Å². The third kappa shape index (κ3) is 2.11. The van der Waals surface area contributed by atoms with Gasteiger partial charge in [-0.15, -0.1) is 0 Å². The monoisotopic (exact) mass is 303 g/mol. The van der Waals surface area contributed by atoms with E-state index >= 15 is 0 Å². The van der Waals surface area contributed by atoms with Crippen LogP contribution >= 0.6 is 15.9 Å². The SMILES string of the molecule is Brc1cccc2occ(COc3cccnc3)c12. The minimum absolute atomic E-state index is 0.460. The number of rotatable bonds is 3. The van der Waals surface area contributed by atoms with Crippen LogP contribution in [0.25, 0.3) is 11.0 Å². The van der Waals surface area contributed by atoms with Crippen LogP contribution in [-0.4, -0.2) is 4.98 Å². The largest absolute Gasteiger partial charge is 0.487 e. The number of pyridine rings is 1. The van der Waals surface area contributed by atoms with E-state index in [1.807, 2.05) is 30.3 Å². The fourth-order valence-electron chi connectivity index (χ4n) is 1.81. The lowest BCUT2D eigenvalue weighted by molar-refractivity contribution is 0.304. The molecule has 0 atom stereocenters. The normalized spacial score (nSPS) is 10.7. The van der Waals surface area contributed by atoms with Gasteiger partial charge >= 0.3 is 0 Å². The highest BCUT2D eigenvalue weighted by Crippen LogP contribution is 2.29. The lowest BCUT2D eigenvalue weighted by Gasteiger charge is -2.04. The molecule has 18 heavy (non-hydrogen) atoms. The second-order valence-corrected chi connectivity index (χ2v) is 4.71. The number of aromatic nitrogens is 1. The fraction of sp³-hybridized carbons (Fsp3) is 0.0714. The van der Waals surface area contributed by atoms with E-state index in [9.17, 15) is 0 Å². The zero-order chi connectivity index (χ0) is 12.4. The summed E-state index contributed by atoms with van der Waals surface area (Å²) in [6.07, 6.45) is 5.14. The molecule has 4 heteroatoms. The Morgan fingerprint density at radius 2 is 2.17 bits per heavy atom. The third-order valence-electron chi connectivity index (χ3n) is 2.65. The average Bonchev–Trinajstić information content (AvgIpc) is 2.82. The third-order valence-corrected chi connectivity index (χ3v) is 3.31. The van der Waals surface area contributed by atoms with E-state index in [-0.39, 0.29) is 0 Å². The molecule has 0 aliphatic rings. The lowest BCUT2D eigenvalue weighted by atomic mass is 10.2. The Kier molecular flexibility index (Phi) is 3.02. The Labute approximate surface area is 113 Å². The highest BCUT2D eigenvalue weighted by Gasteiger charge is 2.09. The van der Waals surface area contributed by atoms with Crippen LogP contribution in [0.15, 0.2) is 57.9 Å². The first kappa shape index (κ1) is 11.3. The molecule has 2 heterocycles. The molecule has 3 rings (SSSR count). The predicted molar refractivity (Wildman–Crippen MR) is 72.5 cm³/mol. The summed E-state index contributed by atoms with van der Waals surface area (Å²) in [5.41, 5.74) is 1.87. The van der Waals surface area contributed by atoms with Gasteiger partial charge in [0, 0.05) is 21.6 Å². The van der Waals surface area contributed by atoms with Crippen molar-refractivity contribution >= 4 is 26.9 Å². The molecule has 0 radical (unpaired) electrons. The number of fused-ring (bicyclic) bond motifs is 1.